The first kappa shape index (κ1) is 14.1. The fourth-order valence-corrected chi connectivity index (χ4v) is 2.91. The maximum atomic E-state index is 4.71. The standard InChI is InChI=1S/C17H18BrN3/c1-3-21-17-7-5-4-6-13(17)16(20-21)11-19-15-10-12(2)8-9-14(15)18/h4-10,19H,3,11H2,1-2H3. The smallest absolute Gasteiger partial charge is 0.0894 e. The Labute approximate surface area is 133 Å². The summed E-state index contributed by atoms with van der Waals surface area (Å²) in [4.78, 5) is 0. The van der Waals surface area contributed by atoms with Crippen LogP contribution in [0.15, 0.2) is 46.9 Å². The van der Waals surface area contributed by atoms with Crippen LogP contribution in [0.1, 0.15) is 18.2 Å². The molecule has 3 aromatic rings. The lowest BCUT2D eigenvalue weighted by molar-refractivity contribution is 0.671. The van der Waals surface area contributed by atoms with Crippen LogP contribution in [0.25, 0.3) is 10.9 Å². The van der Waals surface area contributed by atoms with Crippen LogP contribution in [0.4, 0.5) is 5.69 Å². The van der Waals surface area contributed by atoms with Gasteiger partial charge in [-0.3, -0.25) is 4.68 Å². The molecule has 0 aliphatic heterocycles. The van der Waals surface area contributed by atoms with E-state index in [1.54, 1.807) is 0 Å². The molecule has 21 heavy (non-hydrogen) atoms. The van der Waals surface area contributed by atoms with Crippen LogP contribution in [0, 0.1) is 6.92 Å². The minimum atomic E-state index is 0.718. The van der Waals surface area contributed by atoms with Gasteiger partial charge in [0.1, 0.15) is 0 Å². The molecule has 0 saturated carbocycles. The first-order valence-electron chi connectivity index (χ1n) is 7.13. The van der Waals surface area contributed by atoms with Crippen LogP contribution in [0.2, 0.25) is 0 Å². The second-order valence-electron chi connectivity index (χ2n) is 5.12. The summed E-state index contributed by atoms with van der Waals surface area (Å²) >= 11 is 3.58. The average Bonchev–Trinajstić information content (AvgIpc) is 2.86. The summed E-state index contributed by atoms with van der Waals surface area (Å²) < 4.78 is 3.13. The first-order valence-corrected chi connectivity index (χ1v) is 7.93. The van der Waals surface area contributed by atoms with E-state index in [1.807, 2.05) is 0 Å². The highest BCUT2D eigenvalue weighted by Gasteiger charge is 2.09. The number of halogens is 1. The van der Waals surface area contributed by atoms with Crippen LogP contribution in [0.3, 0.4) is 0 Å². The van der Waals surface area contributed by atoms with E-state index in [2.05, 4.69) is 82.2 Å². The van der Waals surface area contributed by atoms with Crippen LogP contribution in [-0.2, 0) is 13.1 Å². The van der Waals surface area contributed by atoms with E-state index in [1.165, 1.54) is 16.5 Å². The van der Waals surface area contributed by atoms with E-state index < -0.39 is 0 Å². The molecule has 0 fully saturated rings. The molecule has 3 rings (SSSR count). The van der Waals surface area contributed by atoms with Gasteiger partial charge >= 0.3 is 0 Å². The lowest BCUT2D eigenvalue weighted by Crippen LogP contribution is -2.03. The van der Waals surface area contributed by atoms with Gasteiger partial charge in [-0.2, -0.15) is 5.10 Å². The van der Waals surface area contributed by atoms with Crippen molar-refractivity contribution < 1.29 is 0 Å². The fourth-order valence-electron chi connectivity index (χ4n) is 2.52. The Morgan fingerprint density at radius 3 is 2.81 bits per heavy atom. The number of hydrogen-bond acceptors (Lipinski definition) is 2. The molecule has 1 heterocycles. The Bertz CT molecular complexity index is 777. The molecule has 1 aromatic heterocycles. The number of nitrogens with one attached hydrogen (secondary N) is 1. The van der Waals surface area contributed by atoms with Crippen molar-refractivity contribution in [3.05, 3.63) is 58.2 Å². The highest BCUT2D eigenvalue weighted by Crippen LogP contribution is 2.25. The number of fused-ring (bicyclic) bond motifs is 1. The summed E-state index contributed by atoms with van der Waals surface area (Å²) in [5.41, 5.74) is 4.62. The van der Waals surface area contributed by atoms with Crippen molar-refractivity contribution in [3.63, 3.8) is 0 Å². The zero-order chi connectivity index (χ0) is 14.8. The fraction of sp³-hybridized carbons (Fsp3) is 0.235. The van der Waals surface area contributed by atoms with Crippen LogP contribution in [-0.4, -0.2) is 9.78 Å². The monoisotopic (exact) mass is 343 g/mol. The third-order valence-corrected chi connectivity index (χ3v) is 4.29. The van der Waals surface area contributed by atoms with Crippen LogP contribution >= 0.6 is 15.9 Å². The van der Waals surface area contributed by atoms with Crippen molar-refractivity contribution in [2.75, 3.05) is 5.32 Å². The van der Waals surface area contributed by atoms with Gasteiger partial charge in [-0.25, -0.2) is 0 Å². The predicted octanol–water partition coefficient (Wildman–Crippen LogP) is 4.74. The molecule has 0 amide bonds. The third-order valence-electron chi connectivity index (χ3n) is 3.60. The molecule has 3 nitrogen and oxygen atoms in total. The van der Waals surface area contributed by atoms with Crippen molar-refractivity contribution in [2.45, 2.75) is 26.9 Å². The Kier molecular flexibility index (Phi) is 3.97. The van der Waals surface area contributed by atoms with Crippen LogP contribution < -0.4 is 5.32 Å². The van der Waals surface area contributed by atoms with Gasteiger partial charge in [0.15, 0.2) is 0 Å². The molecular formula is C17H18BrN3. The number of benzene rings is 2. The second kappa shape index (κ2) is 5.90. The highest BCUT2D eigenvalue weighted by molar-refractivity contribution is 9.10. The van der Waals surface area contributed by atoms with Gasteiger partial charge in [0, 0.05) is 22.1 Å². The van der Waals surface area contributed by atoms with Crippen molar-refractivity contribution in [2.24, 2.45) is 0 Å². The average molecular weight is 344 g/mol. The Morgan fingerprint density at radius 2 is 2.00 bits per heavy atom. The van der Waals surface area contributed by atoms with Gasteiger partial charge in [0.25, 0.3) is 0 Å². The van der Waals surface area contributed by atoms with Crippen molar-refractivity contribution in [1.82, 2.24) is 9.78 Å². The van der Waals surface area contributed by atoms with Crippen molar-refractivity contribution in [1.29, 1.82) is 0 Å². The number of rotatable bonds is 4. The number of anilines is 1. The highest BCUT2D eigenvalue weighted by atomic mass is 79.9. The summed E-state index contributed by atoms with van der Waals surface area (Å²) in [7, 11) is 0. The summed E-state index contributed by atoms with van der Waals surface area (Å²) in [6, 6.07) is 14.7. The molecule has 4 heteroatoms. The Morgan fingerprint density at radius 1 is 1.19 bits per heavy atom. The van der Waals surface area contributed by atoms with E-state index in [4.69, 9.17) is 5.10 Å². The second-order valence-corrected chi connectivity index (χ2v) is 5.97. The Hall–Kier alpha value is -1.81. The minimum Gasteiger partial charge on any atom is -0.378 e. The van der Waals surface area contributed by atoms with Gasteiger partial charge < -0.3 is 5.32 Å². The molecule has 0 atom stereocenters. The van der Waals surface area contributed by atoms with E-state index in [0.717, 1.165) is 28.9 Å². The minimum absolute atomic E-state index is 0.718. The predicted molar refractivity (Wildman–Crippen MR) is 91.6 cm³/mol. The van der Waals surface area contributed by atoms with Crippen molar-refractivity contribution in [3.8, 4) is 0 Å². The zero-order valence-electron chi connectivity index (χ0n) is 12.2. The molecule has 0 spiro atoms. The molecule has 0 unspecified atom stereocenters. The third kappa shape index (κ3) is 2.81. The van der Waals surface area contributed by atoms with Gasteiger partial charge in [0.05, 0.1) is 17.8 Å². The summed E-state index contributed by atoms with van der Waals surface area (Å²) in [5, 5.41) is 9.41. The summed E-state index contributed by atoms with van der Waals surface area (Å²) in [5.74, 6) is 0. The number of aryl methyl sites for hydroxylation is 2. The van der Waals surface area contributed by atoms with E-state index >= 15 is 0 Å². The molecule has 0 aliphatic carbocycles. The number of hydrogen-bond donors (Lipinski definition) is 1. The lowest BCUT2D eigenvalue weighted by atomic mass is 10.2. The molecule has 108 valence electrons. The molecule has 1 N–H and O–H groups in total. The quantitative estimate of drug-likeness (QED) is 0.741. The van der Waals surface area contributed by atoms with E-state index in [0.29, 0.717) is 0 Å². The van der Waals surface area contributed by atoms with E-state index in [-0.39, 0.29) is 0 Å². The zero-order valence-corrected chi connectivity index (χ0v) is 13.8. The summed E-state index contributed by atoms with van der Waals surface area (Å²) in [6.07, 6.45) is 0. The molecule has 0 aliphatic rings. The van der Waals surface area contributed by atoms with Gasteiger partial charge in [-0.1, -0.05) is 24.3 Å². The molecule has 2 aromatic carbocycles. The van der Waals surface area contributed by atoms with Gasteiger partial charge in [0.2, 0.25) is 0 Å². The molecular weight excluding hydrogens is 326 g/mol. The summed E-state index contributed by atoms with van der Waals surface area (Å²) in [6.45, 7) is 5.82. The number of para-hydroxylation sites is 1. The maximum Gasteiger partial charge on any atom is 0.0894 e. The Balaban J connectivity index is 1.90. The normalized spacial score (nSPS) is 11.0. The van der Waals surface area contributed by atoms with Gasteiger partial charge in [-0.15, -0.1) is 0 Å². The number of aromatic nitrogens is 2. The topological polar surface area (TPSA) is 29.9 Å². The maximum absolute atomic E-state index is 4.71. The van der Waals surface area contributed by atoms with E-state index in [9.17, 15) is 0 Å². The molecule has 0 saturated heterocycles. The largest absolute Gasteiger partial charge is 0.378 e. The lowest BCUT2D eigenvalue weighted by Gasteiger charge is -2.08. The molecule has 0 bridgehead atoms. The first-order chi connectivity index (χ1) is 10.2. The van der Waals surface area contributed by atoms with Crippen LogP contribution in [0.5, 0.6) is 0 Å². The SMILES string of the molecule is CCn1nc(CNc2cc(C)ccc2Br)c2ccccc21. The van der Waals surface area contributed by atoms with Crippen molar-refractivity contribution >= 4 is 32.5 Å². The molecule has 0 radical (unpaired) electrons. The van der Waals surface area contributed by atoms with Gasteiger partial charge in [-0.05, 0) is 53.5 Å². The number of nitrogens with zero attached hydrogens (tertiary/aromatic N) is 2.